The van der Waals surface area contributed by atoms with Gasteiger partial charge in [0.2, 0.25) is 5.91 Å². The summed E-state index contributed by atoms with van der Waals surface area (Å²) >= 11 is 0. The minimum Gasteiger partial charge on any atom is -0.497 e. The number of hydrogen-bond acceptors (Lipinski definition) is 5. The topological polar surface area (TPSA) is 88.3 Å². The molecule has 1 saturated carbocycles. The summed E-state index contributed by atoms with van der Waals surface area (Å²) in [4.78, 5) is 11.4. The van der Waals surface area contributed by atoms with Gasteiger partial charge in [0.15, 0.2) is 5.82 Å². The SMILES string of the molecule is COc1ccc(NC(=O)C2CC2)cc1.c1cc2c(c(Nc3n[nH]c4ccccc34)c1)OCC2. The van der Waals surface area contributed by atoms with Crippen molar-refractivity contribution < 1.29 is 14.3 Å². The summed E-state index contributed by atoms with van der Waals surface area (Å²) in [5.41, 5.74) is 4.10. The van der Waals surface area contributed by atoms with Gasteiger partial charge in [0.1, 0.15) is 11.5 Å². The van der Waals surface area contributed by atoms with Gasteiger partial charge in [-0.2, -0.15) is 5.10 Å². The van der Waals surface area contributed by atoms with E-state index in [0.29, 0.717) is 0 Å². The van der Waals surface area contributed by atoms with Crippen molar-refractivity contribution in [3.63, 3.8) is 0 Å². The number of nitrogens with one attached hydrogen (secondary N) is 3. The number of para-hydroxylation sites is 2. The van der Waals surface area contributed by atoms with E-state index in [1.165, 1.54) is 5.56 Å². The summed E-state index contributed by atoms with van der Waals surface area (Å²) in [5, 5.41) is 14.6. The molecule has 0 bridgehead atoms. The average Bonchev–Trinajstić information content (AvgIpc) is 3.46. The van der Waals surface area contributed by atoms with Crippen LogP contribution in [0.2, 0.25) is 0 Å². The third-order valence-electron chi connectivity index (χ3n) is 5.74. The predicted molar refractivity (Wildman–Crippen MR) is 129 cm³/mol. The van der Waals surface area contributed by atoms with E-state index in [1.807, 2.05) is 60.7 Å². The lowest BCUT2D eigenvalue weighted by molar-refractivity contribution is -0.117. The Hall–Kier alpha value is -4.00. The Bertz CT molecular complexity index is 1260. The number of amides is 1. The highest BCUT2D eigenvalue weighted by Crippen LogP contribution is 2.36. The van der Waals surface area contributed by atoms with Crippen molar-refractivity contribution in [2.45, 2.75) is 19.3 Å². The second-order valence-electron chi connectivity index (χ2n) is 8.13. The monoisotopic (exact) mass is 442 g/mol. The van der Waals surface area contributed by atoms with Crippen molar-refractivity contribution in [3.05, 3.63) is 72.3 Å². The number of H-pyrrole nitrogens is 1. The van der Waals surface area contributed by atoms with E-state index in [-0.39, 0.29) is 11.8 Å². The number of aromatic amines is 1. The molecule has 4 aromatic rings. The summed E-state index contributed by atoms with van der Waals surface area (Å²) < 4.78 is 10.7. The molecule has 0 radical (unpaired) electrons. The van der Waals surface area contributed by atoms with Crippen LogP contribution in [0, 0.1) is 5.92 Å². The Kier molecular flexibility index (Phi) is 5.85. The molecule has 7 heteroatoms. The van der Waals surface area contributed by atoms with Crippen molar-refractivity contribution in [1.82, 2.24) is 10.2 Å². The van der Waals surface area contributed by atoms with E-state index in [1.54, 1.807) is 7.11 Å². The maximum Gasteiger partial charge on any atom is 0.227 e. The molecule has 0 atom stereocenters. The van der Waals surface area contributed by atoms with Gasteiger partial charge in [0.05, 0.1) is 24.9 Å². The number of ether oxygens (including phenoxy) is 2. The smallest absolute Gasteiger partial charge is 0.227 e. The Morgan fingerprint density at radius 2 is 1.88 bits per heavy atom. The molecule has 168 valence electrons. The maximum atomic E-state index is 11.4. The van der Waals surface area contributed by atoms with Gasteiger partial charge in [-0.15, -0.1) is 0 Å². The van der Waals surface area contributed by atoms with Crippen molar-refractivity contribution in [3.8, 4) is 11.5 Å². The first kappa shape index (κ1) is 20.9. The normalized spacial score (nSPS) is 14.0. The lowest BCUT2D eigenvalue weighted by atomic mass is 10.1. The molecule has 3 aromatic carbocycles. The Morgan fingerprint density at radius 1 is 1.06 bits per heavy atom. The predicted octanol–water partition coefficient (Wildman–Crippen LogP) is 5.29. The Balaban J connectivity index is 0.000000146. The summed E-state index contributed by atoms with van der Waals surface area (Å²) in [7, 11) is 1.62. The number of rotatable bonds is 5. The van der Waals surface area contributed by atoms with Gasteiger partial charge in [-0.1, -0.05) is 24.3 Å². The molecular formula is C26H26N4O3. The standard InChI is InChI=1S/C15H13N3O.C11H13NO2/c1-2-6-12-11(5-1)15(18-17-12)16-13-7-3-4-10-8-9-19-14(10)13;1-14-10-6-4-9(5-7-10)12-11(13)8-2-3-8/h1-7H,8-9H2,(H2,16,17,18);4-8H,2-3H2,1H3,(H,12,13). The van der Waals surface area contributed by atoms with E-state index < -0.39 is 0 Å². The molecule has 1 aliphatic carbocycles. The van der Waals surface area contributed by atoms with Gasteiger partial charge in [-0.05, 0) is 60.9 Å². The van der Waals surface area contributed by atoms with Gasteiger partial charge in [0.25, 0.3) is 0 Å². The first-order chi connectivity index (χ1) is 16.2. The van der Waals surface area contributed by atoms with Gasteiger partial charge in [0, 0.05) is 23.4 Å². The van der Waals surface area contributed by atoms with Gasteiger partial charge in [-0.3, -0.25) is 9.89 Å². The number of carbonyl (C=O) groups excluding carboxylic acids is 1. The molecule has 0 saturated heterocycles. The summed E-state index contributed by atoms with van der Waals surface area (Å²) in [5.74, 6) is 2.97. The number of fused-ring (bicyclic) bond motifs is 2. The third kappa shape index (κ3) is 4.77. The van der Waals surface area contributed by atoms with Crippen LogP contribution in [0.3, 0.4) is 0 Å². The first-order valence-electron chi connectivity index (χ1n) is 11.1. The number of benzene rings is 3. The molecule has 33 heavy (non-hydrogen) atoms. The van der Waals surface area contributed by atoms with E-state index >= 15 is 0 Å². The molecule has 6 rings (SSSR count). The minimum atomic E-state index is 0.134. The van der Waals surface area contributed by atoms with Crippen LogP contribution in [0.1, 0.15) is 18.4 Å². The van der Waals surface area contributed by atoms with Crippen molar-refractivity contribution in [1.29, 1.82) is 0 Å². The number of nitrogens with zero attached hydrogens (tertiary/aromatic N) is 1. The van der Waals surface area contributed by atoms with E-state index in [2.05, 4.69) is 26.9 Å². The molecule has 3 N–H and O–H groups in total. The average molecular weight is 443 g/mol. The van der Waals surface area contributed by atoms with Crippen molar-refractivity contribution >= 4 is 34.0 Å². The fourth-order valence-electron chi connectivity index (χ4n) is 3.76. The third-order valence-corrected chi connectivity index (χ3v) is 5.74. The van der Waals surface area contributed by atoms with Gasteiger partial charge < -0.3 is 20.1 Å². The second-order valence-corrected chi connectivity index (χ2v) is 8.13. The molecule has 0 spiro atoms. The zero-order valence-electron chi connectivity index (χ0n) is 18.4. The minimum absolute atomic E-state index is 0.134. The zero-order valence-corrected chi connectivity index (χ0v) is 18.4. The maximum absolute atomic E-state index is 11.4. The molecular weight excluding hydrogens is 416 g/mol. The molecule has 1 aliphatic heterocycles. The molecule has 2 heterocycles. The van der Waals surface area contributed by atoms with Gasteiger partial charge >= 0.3 is 0 Å². The number of methoxy groups -OCH3 is 1. The lowest BCUT2D eigenvalue weighted by Crippen LogP contribution is -2.12. The van der Waals surface area contributed by atoms with Crippen molar-refractivity contribution in [2.24, 2.45) is 5.92 Å². The van der Waals surface area contributed by atoms with E-state index in [9.17, 15) is 4.79 Å². The summed E-state index contributed by atoms with van der Waals surface area (Å²) in [6.45, 7) is 0.759. The second kappa shape index (κ2) is 9.24. The number of hydrogen-bond donors (Lipinski definition) is 3. The molecule has 0 unspecified atom stereocenters. The van der Waals surface area contributed by atoms with Crippen LogP contribution in [0.25, 0.3) is 10.9 Å². The molecule has 1 amide bonds. The fourth-order valence-corrected chi connectivity index (χ4v) is 3.76. The van der Waals surface area contributed by atoms with Gasteiger partial charge in [-0.25, -0.2) is 0 Å². The van der Waals surface area contributed by atoms with Crippen molar-refractivity contribution in [2.75, 3.05) is 24.4 Å². The number of carbonyl (C=O) groups is 1. The molecule has 1 fully saturated rings. The van der Waals surface area contributed by atoms with Crippen LogP contribution in [0.15, 0.2) is 66.7 Å². The lowest BCUT2D eigenvalue weighted by Gasteiger charge is -2.08. The largest absolute Gasteiger partial charge is 0.497 e. The Labute approximate surface area is 192 Å². The first-order valence-corrected chi connectivity index (χ1v) is 11.1. The molecule has 1 aromatic heterocycles. The van der Waals surface area contributed by atoms with Crippen LogP contribution in [0.5, 0.6) is 11.5 Å². The van der Waals surface area contributed by atoms with Crippen LogP contribution in [0.4, 0.5) is 17.2 Å². The van der Waals surface area contributed by atoms with Crippen LogP contribution < -0.4 is 20.1 Å². The summed E-state index contributed by atoms with van der Waals surface area (Å²) in [6, 6.07) is 21.6. The van der Waals surface area contributed by atoms with Crippen LogP contribution >= 0.6 is 0 Å². The molecule has 2 aliphatic rings. The fraction of sp³-hybridized carbons (Fsp3) is 0.231. The van der Waals surface area contributed by atoms with Crippen LogP contribution in [-0.2, 0) is 11.2 Å². The summed E-state index contributed by atoms with van der Waals surface area (Å²) in [6.07, 6.45) is 3.04. The quantitative estimate of drug-likeness (QED) is 0.391. The highest BCUT2D eigenvalue weighted by atomic mass is 16.5. The number of aromatic nitrogens is 2. The molecule has 7 nitrogen and oxygen atoms in total. The Morgan fingerprint density at radius 3 is 2.67 bits per heavy atom. The van der Waals surface area contributed by atoms with E-state index in [0.717, 1.165) is 65.5 Å². The zero-order chi connectivity index (χ0) is 22.6. The number of anilines is 3. The van der Waals surface area contributed by atoms with Crippen LogP contribution in [-0.4, -0.2) is 29.8 Å². The highest BCUT2D eigenvalue weighted by Gasteiger charge is 2.29. The van der Waals surface area contributed by atoms with E-state index in [4.69, 9.17) is 9.47 Å². The highest BCUT2D eigenvalue weighted by molar-refractivity contribution is 5.94.